The van der Waals surface area contributed by atoms with Crippen molar-refractivity contribution in [3.63, 3.8) is 0 Å². The van der Waals surface area contributed by atoms with Crippen LogP contribution in [0.4, 0.5) is 10.1 Å². The summed E-state index contributed by atoms with van der Waals surface area (Å²) in [5.74, 6) is -2.40. The van der Waals surface area contributed by atoms with E-state index in [0.717, 1.165) is 44.1 Å². The summed E-state index contributed by atoms with van der Waals surface area (Å²) in [6, 6.07) is 16.3. The van der Waals surface area contributed by atoms with Crippen LogP contribution in [0.3, 0.4) is 0 Å². The van der Waals surface area contributed by atoms with E-state index in [4.69, 9.17) is 20.9 Å². The Balaban J connectivity index is 0.857. The zero-order valence-corrected chi connectivity index (χ0v) is 43.8. The van der Waals surface area contributed by atoms with E-state index in [-0.39, 0.29) is 69.4 Å². The number of nitrogens with one attached hydrogen (secondary N) is 2. The van der Waals surface area contributed by atoms with Gasteiger partial charge in [0, 0.05) is 44.3 Å². The van der Waals surface area contributed by atoms with Gasteiger partial charge in [-0.25, -0.2) is 9.37 Å². The predicted octanol–water partition coefficient (Wildman–Crippen LogP) is 5.72. The third-order valence-electron chi connectivity index (χ3n) is 15.0. The molecule has 16 nitrogen and oxygen atoms in total. The van der Waals surface area contributed by atoms with Crippen LogP contribution < -0.4 is 31.7 Å². The maximum absolute atomic E-state index is 14.7. The number of nitrogens with zero attached hydrogens (tertiary/aromatic N) is 3. The van der Waals surface area contributed by atoms with Gasteiger partial charge in [0.15, 0.2) is 11.5 Å². The molecule has 0 spiro atoms. The highest BCUT2D eigenvalue weighted by atomic mass is 32.1. The number of carbonyl (C=O) groups is 6. The Kier molecular flexibility index (Phi) is 16.7. The van der Waals surface area contributed by atoms with E-state index < -0.39 is 71.1 Å². The first-order valence-corrected chi connectivity index (χ1v) is 26.7. The number of β-amino-alcohol motifs (C(OH)–C–C–N with tert-alkyl or cyclic N) is 1. The number of thiazole rings is 1. The minimum atomic E-state index is -1.99. The maximum Gasteiger partial charge on any atom is 0.258 e. The molecule has 8 rings (SSSR count). The monoisotopic (exact) mass is 1040 g/mol. The van der Waals surface area contributed by atoms with Gasteiger partial charge < -0.3 is 41.6 Å². The average Bonchev–Trinajstić information content (AvgIpc) is 3.62. The molecule has 3 aliphatic heterocycles. The van der Waals surface area contributed by atoms with Crippen LogP contribution in [0.1, 0.15) is 113 Å². The lowest BCUT2D eigenvalue weighted by atomic mass is 9.85. The molecule has 5 amide bonds. The molecule has 1 aliphatic carbocycles. The average molecular weight is 1040 g/mol. The molecule has 1 aromatic heterocycles. The van der Waals surface area contributed by atoms with Crippen molar-refractivity contribution < 1.29 is 47.7 Å². The molecule has 0 bridgehead atoms. The number of alkyl halides is 1. The summed E-state index contributed by atoms with van der Waals surface area (Å²) in [6.45, 7) is 9.73. The van der Waals surface area contributed by atoms with Crippen molar-refractivity contribution in [3.05, 3.63) is 99.7 Å². The molecule has 4 aliphatic rings. The molecule has 0 radical (unpaired) electrons. The number of anilines is 1. The number of amides is 5. The summed E-state index contributed by atoms with van der Waals surface area (Å²) in [7, 11) is 0. The Hall–Kier alpha value is -6.08. The second-order valence-electron chi connectivity index (χ2n) is 21.7. The summed E-state index contributed by atoms with van der Waals surface area (Å²) in [5, 5.41) is 16.2. The zero-order valence-electron chi connectivity index (χ0n) is 43.0. The molecule has 1 saturated carbocycles. The standard InChI is InChI=1S/C56H70FN7O9S/c1-32-49(74-31-61-32)39-15-16-40(28-60-51(68)44-27-41(65)29-63(44)53(70)50(55(3,4)5)62-54(71)56(57)21-22-56)46(26-39)72-23-7-8-34-11-13-35(14-12-34)30-73-33(2)37(18-20-47(59)67)25-45(66)43-24-38-10-6-9-36-17-19-42(58)52(69)64(43)48(36)38/h6,9-16,26,31,33,37,41-44,50,65H,7-8,17-25,27-30,58H2,1-5H3,(H2,59,67)(H,60,68)(H,62,71)/t33-,37-,41-,42+,43+,44+,50-/m1/s1. The fraction of sp³-hybridized carbons (Fsp3) is 0.518. The summed E-state index contributed by atoms with van der Waals surface area (Å²) < 4.78 is 27.5. The number of aliphatic hydroxyl groups is 1. The molecule has 1 saturated heterocycles. The summed E-state index contributed by atoms with van der Waals surface area (Å²) in [5.41, 5.74) is 18.2. The number of likely N-dealkylation sites (tertiary alicyclic amines) is 1. The molecular weight excluding hydrogens is 966 g/mol. The van der Waals surface area contributed by atoms with Gasteiger partial charge in [-0.2, -0.15) is 0 Å². The number of ether oxygens (including phenoxy) is 2. The normalized spacial score (nSPS) is 21.1. The van der Waals surface area contributed by atoms with Crippen molar-refractivity contribution in [1.82, 2.24) is 20.5 Å². The molecule has 7 atom stereocenters. The van der Waals surface area contributed by atoms with Crippen molar-refractivity contribution >= 4 is 52.3 Å². The molecule has 74 heavy (non-hydrogen) atoms. The number of halogens is 1. The van der Waals surface area contributed by atoms with Gasteiger partial charge in [0.2, 0.25) is 23.6 Å². The van der Waals surface area contributed by atoms with Gasteiger partial charge in [-0.1, -0.05) is 75.4 Å². The highest BCUT2D eigenvalue weighted by Gasteiger charge is 2.53. The van der Waals surface area contributed by atoms with Crippen molar-refractivity contribution in [1.29, 1.82) is 0 Å². The van der Waals surface area contributed by atoms with Crippen LogP contribution in [-0.2, 0) is 65.9 Å². The van der Waals surface area contributed by atoms with Crippen molar-refractivity contribution in [2.45, 2.75) is 160 Å². The summed E-state index contributed by atoms with van der Waals surface area (Å²) >= 11 is 1.51. The molecule has 4 heterocycles. The number of aryl methyl sites for hydroxylation is 3. The molecular formula is C56H70FN7O9S. The van der Waals surface area contributed by atoms with Gasteiger partial charge in [-0.3, -0.25) is 33.7 Å². The number of ketones is 1. The quantitative estimate of drug-likeness (QED) is 0.0597. The molecule has 0 unspecified atom stereocenters. The Morgan fingerprint density at radius 2 is 1.76 bits per heavy atom. The molecule has 2 fully saturated rings. The van der Waals surface area contributed by atoms with E-state index in [9.17, 15) is 38.3 Å². The van der Waals surface area contributed by atoms with E-state index >= 15 is 0 Å². The third kappa shape index (κ3) is 12.5. The molecule has 7 N–H and O–H groups in total. The molecule has 3 aromatic carbocycles. The maximum atomic E-state index is 14.7. The fourth-order valence-corrected chi connectivity index (χ4v) is 11.1. The minimum Gasteiger partial charge on any atom is -0.493 e. The van der Waals surface area contributed by atoms with Gasteiger partial charge >= 0.3 is 0 Å². The number of Topliss-reactive ketones (excluding diaryl/α,β-unsaturated/α-hetero) is 1. The van der Waals surface area contributed by atoms with Gasteiger partial charge in [-0.05, 0) is 104 Å². The topological polar surface area (TPSA) is 237 Å². The van der Waals surface area contributed by atoms with E-state index in [1.165, 1.54) is 16.2 Å². The van der Waals surface area contributed by atoms with Crippen LogP contribution in [0.5, 0.6) is 5.75 Å². The number of benzene rings is 3. The first kappa shape index (κ1) is 54.2. The van der Waals surface area contributed by atoms with Crippen molar-refractivity contribution in [3.8, 4) is 16.2 Å². The van der Waals surface area contributed by atoms with Gasteiger partial charge in [0.25, 0.3) is 5.91 Å². The lowest BCUT2D eigenvalue weighted by molar-refractivity contribution is -0.145. The van der Waals surface area contributed by atoms with E-state index in [1.54, 1.807) is 31.2 Å². The largest absolute Gasteiger partial charge is 0.493 e. The Bertz CT molecular complexity index is 2740. The predicted molar refractivity (Wildman–Crippen MR) is 278 cm³/mol. The molecule has 396 valence electrons. The Morgan fingerprint density at radius 3 is 2.45 bits per heavy atom. The van der Waals surface area contributed by atoms with Crippen LogP contribution >= 0.6 is 11.3 Å². The second kappa shape index (κ2) is 22.8. The van der Waals surface area contributed by atoms with Crippen molar-refractivity contribution in [2.24, 2.45) is 22.8 Å². The van der Waals surface area contributed by atoms with Crippen LogP contribution in [0.25, 0.3) is 10.4 Å². The first-order chi connectivity index (χ1) is 35.2. The highest BCUT2D eigenvalue weighted by molar-refractivity contribution is 7.13. The van der Waals surface area contributed by atoms with Gasteiger partial charge in [-0.15, -0.1) is 11.3 Å². The first-order valence-electron chi connectivity index (χ1n) is 25.8. The number of hydrogen-bond donors (Lipinski definition) is 5. The van der Waals surface area contributed by atoms with Gasteiger partial charge in [0.1, 0.15) is 17.8 Å². The number of aliphatic hydroxyl groups excluding tert-OH is 1. The van der Waals surface area contributed by atoms with Crippen molar-refractivity contribution in [2.75, 3.05) is 18.1 Å². The van der Waals surface area contributed by atoms with Gasteiger partial charge in [0.05, 0.1) is 59.3 Å². The third-order valence-corrected chi connectivity index (χ3v) is 16.0. The summed E-state index contributed by atoms with van der Waals surface area (Å²) in [6.07, 6.45) is 2.42. The molecule has 4 aromatic rings. The van der Waals surface area contributed by atoms with E-state index in [2.05, 4.69) is 15.6 Å². The van der Waals surface area contributed by atoms with Crippen LogP contribution in [-0.4, -0.2) is 106 Å². The van der Waals surface area contributed by atoms with Crippen LogP contribution in [0, 0.1) is 18.3 Å². The Morgan fingerprint density at radius 1 is 1.03 bits per heavy atom. The number of para-hydroxylation sites is 1. The lowest BCUT2D eigenvalue weighted by Gasteiger charge is -2.35. The van der Waals surface area contributed by atoms with E-state index in [1.807, 2.05) is 74.5 Å². The summed E-state index contributed by atoms with van der Waals surface area (Å²) in [4.78, 5) is 88.4. The SMILES string of the molecule is Cc1ncsc1-c1ccc(CNC(=O)[C@@H]2C[C@@H](O)CN2C(=O)[C@@H](NC(=O)C2(F)CC2)C(C)(C)C)c(OCCCc2ccc(CO[C@H](C)[C@H](CCC(N)=O)CC(=O)[C@@H]3Cc4cccc5c4N3C(=O)[C@@H](N)CC5)cc2)c1. The lowest BCUT2D eigenvalue weighted by Crippen LogP contribution is -2.59. The Labute approximate surface area is 436 Å². The number of rotatable bonds is 22. The fourth-order valence-electron chi connectivity index (χ4n) is 10.3. The number of primary amides is 1. The smallest absolute Gasteiger partial charge is 0.258 e. The highest BCUT2D eigenvalue weighted by Crippen LogP contribution is 2.42. The number of carbonyl (C=O) groups excluding carboxylic acids is 6. The second-order valence-corrected chi connectivity index (χ2v) is 22.5. The zero-order chi connectivity index (χ0) is 53.1. The minimum absolute atomic E-state index is 0.00810. The number of aromatic nitrogens is 1. The van der Waals surface area contributed by atoms with Crippen LogP contribution in [0.15, 0.2) is 66.2 Å². The van der Waals surface area contributed by atoms with Crippen LogP contribution in [0.2, 0.25) is 0 Å². The molecule has 18 heteroatoms. The number of hydrogen-bond acceptors (Lipinski definition) is 12. The number of nitrogens with two attached hydrogens (primary N) is 2. The van der Waals surface area contributed by atoms with E-state index in [0.29, 0.717) is 56.4 Å².